The van der Waals surface area contributed by atoms with E-state index in [2.05, 4.69) is 128 Å². The molecule has 3 heterocycles. The van der Waals surface area contributed by atoms with Crippen molar-refractivity contribution < 1.29 is 8.83 Å². The van der Waals surface area contributed by atoms with Crippen molar-refractivity contribution in [3.05, 3.63) is 187 Å². The van der Waals surface area contributed by atoms with Crippen molar-refractivity contribution in [1.29, 1.82) is 0 Å². The van der Waals surface area contributed by atoms with E-state index >= 15 is 0 Å². The molecule has 0 bridgehead atoms. The van der Waals surface area contributed by atoms with Crippen molar-refractivity contribution in [3.63, 3.8) is 0 Å². The zero-order chi connectivity index (χ0) is 37.7. The normalized spacial score (nSPS) is 20.7. The number of allylic oxidation sites excluding steroid dienone is 8. The third-order valence-electron chi connectivity index (χ3n) is 12.5. The lowest BCUT2D eigenvalue weighted by molar-refractivity contribution is 0.287. The number of rotatable bonds is 4. The number of hydrogen-bond acceptors (Lipinski definition) is 5. The van der Waals surface area contributed by atoms with E-state index in [1.54, 1.807) is 0 Å². The summed E-state index contributed by atoms with van der Waals surface area (Å²) in [6, 6.07) is 44.2. The van der Waals surface area contributed by atoms with E-state index in [1.165, 1.54) is 22.3 Å². The van der Waals surface area contributed by atoms with Crippen LogP contribution in [0.3, 0.4) is 0 Å². The van der Waals surface area contributed by atoms with Crippen LogP contribution in [-0.4, -0.2) is 15.0 Å². The van der Waals surface area contributed by atoms with Gasteiger partial charge in [0.2, 0.25) is 0 Å². The molecule has 57 heavy (non-hydrogen) atoms. The molecule has 0 spiro atoms. The van der Waals surface area contributed by atoms with Crippen LogP contribution >= 0.6 is 0 Å². The Morgan fingerprint density at radius 2 is 1.05 bits per heavy atom. The minimum absolute atomic E-state index is 0.0367. The predicted molar refractivity (Wildman–Crippen MR) is 230 cm³/mol. The SMILES string of the molecule is CC12C=CC=CC1C1C=CC=CC1c1cc(-c3ccc4oc5cc(-c6nc(-c7ccccc7)nc(-c7ccc8c(c7)oc7ccccc78)n6)ccc5c4c3)ccc12. The summed E-state index contributed by atoms with van der Waals surface area (Å²) in [6.07, 6.45) is 18.5. The number of benzene rings is 6. The predicted octanol–water partition coefficient (Wildman–Crippen LogP) is 13.2. The summed E-state index contributed by atoms with van der Waals surface area (Å²) >= 11 is 0. The molecule has 0 amide bonds. The maximum Gasteiger partial charge on any atom is 0.164 e. The molecule has 0 fully saturated rings. The maximum atomic E-state index is 6.53. The molecule has 9 aromatic rings. The minimum Gasteiger partial charge on any atom is -0.456 e. The second-order valence-corrected chi connectivity index (χ2v) is 15.7. The van der Waals surface area contributed by atoms with Gasteiger partial charge < -0.3 is 8.83 Å². The third-order valence-corrected chi connectivity index (χ3v) is 12.5. The Hall–Kier alpha value is -7.11. The topological polar surface area (TPSA) is 65.0 Å². The van der Waals surface area contributed by atoms with E-state index in [-0.39, 0.29) is 5.41 Å². The smallest absolute Gasteiger partial charge is 0.164 e. The van der Waals surface area contributed by atoms with Gasteiger partial charge in [-0.3, -0.25) is 0 Å². The first-order valence-electron chi connectivity index (χ1n) is 19.6. The van der Waals surface area contributed by atoms with Gasteiger partial charge in [0.1, 0.15) is 22.3 Å². The first kappa shape index (κ1) is 32.2. The van der Waals surface area contributed by atoms with Crippen molar-refractivity contribution in [3.8, 4) is 45.3 Å². The summed E-state index contributed by atoms with van der Waals surface area (Å²) in [5, 5.41) is 4.28. The van der Waals surface area contributed by atoms with Crippen LogP contribution in [0.25, 0.3) is 89.2 Å². The van der Waals surface area contributed by atoms with E-state index in [9.17, 15) is 0 Å². The van der Waals surface area contributed by atoms with Gasteiger partial charge in [0.25, 0.3) is 0 Å². The highest BCUT2D eigenvalue weighted by atomic mass is 16.3. The average molecular weight is 734 g/mol. The van der Waals surface area contributed by atoms with Crippen LogP contribution in [-0.2, 0) is 5.41 Å². The van der Waals surface area contributed by atoms with Gasteiger partial charge in [0.05, 0.1) is 0 Å². The fraction of sp³-hybridized carbons (Fsp3) is 0.0962. The standard InChI is InChI=1S/C52H35N3O2/c1-52-26-10-9-16-43(52)37-14-6-5-13-36(37)41-27-32(20-24-44(41)52)33-21-25-46-42(28-33)40-23-19-35(30-48(40)57-46)51-54-49(31-11-3-2-4-12-31)53-50(55-51)34-18-22-39-38-15-7-8-17-45(38)56-47(39)29-34/h2-30,36-37,43H,1H3. The van der Waals surface area contributed by atoms with E-state index in [4.69, 9.17) is 23.8 Å². The Kier molecular flexibility index (Phi) is 6.88. The van der Waals surface area contributed by atoms with E-state index in [1.807, 2.05) is 54.6 Å². The Morgan fingerprint density at radius 1 is 0.456 bits per heavy atom. The number of fused-ring (bicyclic) bond motifs is 12. The fourth-order valence-corrected chi connectivity index (χ4v) is 9.65. The average Bonchev–Trinajstić information content (AvgIpc) is 3.83. The molecule has 5 nitrogen and oxygen atoms in total. The van der Waals surface area contributed by atoms with Crippen LogP contribution in [0, 0.1) is 11.8 Å². The number of nitrogens with zero attached hydrogens (tertiary/aromatic N) is 3. The van der Waals surface area contributed by atoms with Gasteiger partial charge in [-0.2, -0.15) is 0 Å². The van der Waals surface area contributed by atoms with Gasteiger partial charge in [-0.1, -0.05) is 140 Å². The molecule has 5 heteroatoms. The molecule has 0 saturated heterocycles. The Bertz CT molecular complexity index is 3240. The van der Waals surface area contributed by atoms with Gasteiger partial charge >= 0.3 is 0 Å². The van der Waals surface area contributed by atoms with Crippen LogP contribution in [0.2, 0.25) is 0 Å². The minimum atomic E-state index is -0.0367. The monoisotopic (exact) mass is 733 g/mol. The summed E-state index contributed by atoms with van der Waals surface area (Å²) in [6.45, 7) is 2.40. The van der Waals surface area contributed by atoms with Gasteiger partial charge in [-0.15, -0.1) is 0 Å². The van der Waals surface area contributed by atoms with Crippen molar-refractivity contribution >= 4 is 43.9 Å². The van der Waals surface area contributed by atoms with Crippen LogP contribution in [0.5, 0.6) is 0 Å². The molecule has 4 unspecified atom stereocenters. The van der Waals surface area contributed by atoms with Crippen molar-refractivity contribution in [2.75, 3.05) is 0 Å². The molecular weight excluding hydrogens is 699 g/mol. The highest BCUT2D eigenvalue weighted by molar-refractivity contribution is 6.07. The van der Waals surface area contributed by atoms with E-state index < -0.39 is 0 Å². The molecule has 6 aromatic carbocycles. The lowest BCUT2D eigenvalue weighted by Crippen LogP contribution is -2.42. The van der Waals surface area contributed by atoms with E-state index in [0.29, 0.717) is 35.2 Å². The van der Waals surface area contributed by atoms with Crippen LogP contribution < -0.4 is 0 Å². The molecule has 12 rings (SSSR count). The molecular formula is C52H35N3O2. The van der Waals surface area contributed by atoms with Crippen molar-refractivity contribution in [2.24, 2.45) is 11.8 Å². The van der Waals surface area contributed by atoms with Crippen molar-refractivity contribution in [1.82, 2.24) is 15.0 Å². The zero-order valence-electron chi connectivity index (χ0n) is 31.1. The van der Waals surface area contributed by atoms with Crippen molar-refractivity contribution in [2.45, 2.75) is 18.3 Å². The van der Waals surface area contributed by atoms with E-state index in [0.717, 1.165) is 60.6 Å². The van der Waals surface area contributed by atoms with Gasteiger partial charge in [-0.25, -0.2) is 15.0 Å². The van der Waals surface area contributed by atoms with Crippen LogP contribution in [0.15, 0.2) is 185 Å². The number of aromatic nitrogens is 3. The van der Waals surface area contributed by atoms with Crippen LogP contribution in [0.1, 0.15) is 24.0 Å². The molecule has 0 radical (unpaired) electrons. The van der Waals surface area contributed by atoms with Gasteiger partial charge in [0.15, 0.2) is 17.5 Å². The molecule has 270 valence electrons. The van der Waals surface area contributed by atoms with Gasteiger partial charge in [-0.05, 0) is 76.6 Å². The zero-order valence-corrected chi connectivity index (χ0v) is 31.1. The summed E-state index contributed by atoms with van der Waals surface area (Å²) in [7, 11) is 0. The lowest BCUT2D eigenvalue weighted by Gasteiger charge is -2.49. The lowest BCUT2D eigenvalue weighted by atomic mass is 9.54. The number of para-hydroxylation sites is 1. The van der Waals surface area contributed by atoms with Crippen LogP contribution in [0.4, 0.5) is 0 Å². The first-order chi connectivity index (χ1) is 28.1. The molecule has 3 aliphatic carbocycles. The maximum absolute atomic E-state index is 6.53. The van der Waals surface area contributed by atoms with Gasteiger partial charge in [0, 0.05) is 49.6 Å². The second kappa shape index (κ2) is 12.2. The fourth-order valence-electron chi connectivity index (χ4n) is 9.65. The number of furan rings is 2. The largest absolute Gasteiger partial charge is 0.456 e. The Balaban J connectivity index is 0.945. The highest BCUT2D eigenvalue weighted by Crippen LogP contribution is 2.55. The molecule has 3 aromatic heterocycles. The second-order valence-electron chi connectivity index (χ2n) is 15.7. The Labute approximate surface area is 329 Å². The molecule has 3 aliphatic rings. The first-order valence-corrected chi connectivity index (χ1v) is 19.6. The summed E-state index contributed by atoms with van der Waals surface area (Å²) in [5.41, 5.74) is 11.1. The molecule has 0 aliphatic heterocycles. The third kappa shape index (κ3) is 4.98. The summed E-state index contributed by atoms with van der Waals surface area (Å²) in [5.74, 6) is 2.97. The molecule has 4 atom stereocenters. The summed E-state index contributed by atoms with van der Waals surface area (Å²) in [4.78, 5) is 15.0. The quantitative estimate of drug-likeness (QED) is 0.180. The molecule has 0 N–H and O–H groups in total. The molecule has 0 saturated carbocycles. The highest BCUT2D eigenvalue weighted by Gasteiger charge is 2.46. The number of hydrogen-bond donors (Lipinski definition) is 0. The Morgan fingerprint density at radius 3 is 1.84 bits per heavy atom. The summed E-state index contributed by atoms with van der Waals surface area (Å²) < 4.78 is 12.8.